The zero-order chi connectivity index (χ0) is 21.4. The molecule has 0 spiro atoms. The van der Waals surface area contributed by atoms with Gasteiger partial charge in [-0.3, -0.25) is 9.79 Å². The molecule has 1 aromatic carbocycles. The Labute approximate surface area is 194 Å². The Kier molecular flexibility index (Phi) is 10.6. The van der Waals surface area contributed by atoms with Gasteiger partial charge in [-0.2, -0.15) is 8.78 Å². The smallest absolute Gasteiger partial charge is 0.387 e. The summed E-state index contributed by atoms with van der Waals surface area (Å²) >= 11 is 0. The van der Waals surface area contributed by atoms with Gasteiger partial charge in [0.15, 0.2) is 5.96 Å². The summed E-state index contributed by atoms with van der Waals surface area (Å²) in [6, 6.07) is 6.93. The molecule has 10 heteroatoms. The van der Waals surface area contributed by atoms with Crippen LogP contribution < -0.4 is 25.6 Å². The number of hydrogen-bond acceptors (Lipinski definition) is 4. The highest BCUT2D eigenvalue weighted by Crippen LogP contribution is 2.31. The minimum Gasteiger partial charge on any atom is -0.433 e. The molecule has 1 heterocycles. The maximum atomic E-state index is 12.6. The third kappa shape index (κ3) is 8.11. The lowest BCUT2D eigenvalue weighted by Gasteiger charge is -2.22. The minimum absolute atomic E-state index is 0. The van der Waals surface area contributed by atoms with E-state index in [1.165, 1.54) is 0 Å². The number of nitrogens with one attached hydrogen (secondary N) is 3. The highest BCUT2D eigenvalue weighted by Gasteiger charge is 2.26. The van der Waals surface area contributed by atoms with Crippen LogP contribution >= 0.6 is 24.0 Å². The van der Waals surface area contributed by atoms with Crippen LogP contribution in [-0.2, 0) is 4.79 Å². The number of anilines is 1. The molecular formula is C20H32F2IN5O2. The molecule has 1 aliphatic rings. The van der Waals surface area contributed by atoms with E-state index in [4.69, 9.17) is 0 Å². The number of para-hydroxylation sites is 2. The number of amides is 1. The molecule has 0 saturated carbocycles. The van der Waals surface area contributed by atoms with Crippen LogP contribution in [0.2, 0.25) is 0 Å². The van der Waals surface area contributed by atoms with E-state index in [0.29, 0.717) is 31.3 Å². The molecule has 1 unspecified atom stereocenters. The van der Waals surface area contributed by atoms with Crippen molar-refractivity contribution < 1.29 is 18.3 Å². The zero-order valence-corrected chi connectivity index (χ0v) is 20.2. The Morgan fingerprint density at radius 1 is 1.27 bits per heavy atom. The normalized spacial score (nSPS) is 16.8. The summed E-state index contributed by atoms with van der Waals surface area (Å²) in [7, 11) is 1.68. The molecule has 0 bridgehead atoms. The lowest BCUT2D eigenvalue weighted by molar-refractivity contribution is -0.128. The van der Waals surface area contributed by atoms with Crippen molar-refractivity contribution in [2.75, 3.05) is 38.1 Å². The molecule has 1 fully saturated rings. The van der Waals surface area contributed by atoms with E-state index in [1.54, 1.807) is 31.3 Å². The number of carbonyl (C=O) groups excluding carboxylic acids is 1. The summed E-state index contributed by atoms with van der Waals surface area (Å²) in [5.74, 6) is 0.817. The van der Waals surface area contributed by atoms with Crippen molar-refractivity contribution in [3.05, 3.63) is 24.3 Å². The van der Waals surface area contributed by atoms with Crippen LogP contribution in [0.15, 0.2) is 29.3 Å². The fraction of sp³-hybridized carbons (Fsp3) is 0.600. The Bertz CT molecular complexity index is 713. The molecule has 1 amide bonds. The van der Waals surface area contributed by atoms with E-state index in [0.717, 1.165) is 13.0 Å². The third-order valence-electron chi connectivity index (χ3n) is 4.56. The van der Waals surface area contributed by atoms with E-state index in [9.17, 15) is 13.6 Å². The number of carbonyl (C=O) groups is 1. The first-order chi connectivity index (χ1) is 13.7. The van der Waals surface area contributed by atoms with Crippen molar-refractivity contribution in [3.8, 4) is 5.75 Å². The first-order valence-electron chi connectivity index (χ1n) is 9.75. The van der Waals surface area contributed by atoms with Crippen molar-refractivity contribution in [3.63, 3.8) is 0 Å². The maximum absolute atomic E-state index is 12.6. The third-order valence-corrected chi connectivity index (χ3v) is 4.56. The van der Waals surface area contributed by atoms with Crippen molar-refractivity contribution in [2.45, 2.75) is 39.8 Å². The monoisotopic (exact) mass is 539 g/mol. The van der Waals surface area contributed by atoms with Crippen LogP contribution in [0.25, 0.3) is 0 Å². The van der Waals surface area contributed by atoms with Crippen molar-refractivity contribution in [1.29, 1.82) is 0 Å². The number of ether oxygens (including phenoxy) is 1. The molecule has 1 atom stereocenters. The number of benzene rings is 1. The highest BCUT2D eigenvalue weighted by molar-refractivity contribution is 14.0. The van der Waals surface area contributed by atoms with E-state index >= 15 is 0 Å². The number of hydrogen-bond donors (Lipinski definition) is 3. The van der Waals surface area contributed by atoms with Crippen LogP contribution in [0, 0.1) is 5.41 Å². The van der Waals surface area contributed by atoms with Gasteiger partial charge in [0.25, 0.3) is 0 Å². The number of rotatable bonds is 7. The predicted molar refractivity (Wildman–Crippen MR) is 126 cm³/mol. The van der Waals surface area contributed by atoms with E-state index in [1.807, 2.05) is 25.7 Å². The first-order valence-corrected chi connectivity index (χ1v) is 9.75. The Morgan fingerprint density at radius 3 is 2.57 bits per heavy atom. The standard InChI is InChI=1S/C20H31F2N5O2.HI/c1-20(2,3)17(28)24-10-11-25-19(23-4)26-14-9-12-27(13-14)15-7-5-6-8-16(15)29-18(21)22;/h5-8,14,18H,9-13H2,1-4H3,(H,24,28)(H2,23,25,26);1H. The molecule has 170 valence electrons. The first kappa shape index (κ1) is 26.2. The van der Waals surface area contributed by atoms with Gasteiger partial charge < -0.3 is 25.6 Å². The van der Waals surface area contributed by atoms with Gasteiger partial charge in [0.1, 0.15) is 5.75 Å². The molecule has 0 radical (unpaired) electrons. The largest absolute Gasteiger partial charge is 0.433 e. The molecule has 30 heavy (non-hydrogen) atoms. The second-order valence-electron chi connectivity index (χ2n) is 7.93. The van der Waals surface area contributed by atoms with Gasteiger partial charge in [-0.1, -0.05) is 32.9 Å². The van der Waals surface area contributed by atoms with Gasteiger partial charge in [-0.15, -0.1) is 24.0 Å². The number of guanidine groups is 1. The molecule has 1 aliphatic heterocycles. The molecule has 1 saturated heterocycles. The van der Waals surface area contributed by atoms with Gasteiger partial charge in [0.2, 0.25) is 5.91 Å². The van der Waals surface area contributed by atoms with Crippen LogP contribution in [0.1, 0.15) is 27.2 Å². The molecule has 2 rings (SSSR count). The summed E-state index contributed by atoms with van der Waals surface area (Å²) in [5, 5.41) is 9.39. The van der Waals surface area contributed by atoms with Gasteiger partial charge >= 0.3 is 6.61 Å². The van der Waals surface area contributed by atoms with Crippen LogP contribution in [0.3, 0.4) is 0 Å². The molecule has 0 aliphatic carbocycles. The molecule has 7 nitrogen and oxygen atoms in total. The van der Waals surface area contributed by atoms with Gasteiger partial charge in [-0.25, -0.2) is 0 Å². The van der Waals surface area contributed by atoms with E-state index < -0.39 is 12.0 Å². The average molecular weight is 539 g/mol. The lowest BCUT2D eigenvalue weighted by Crippen LogP contribution is -2.47. The fourth-order valence-electron chi connectivity index (χ4n) is 3.02. The molecular weight excluding hydrogens is 507 g/mol. The van der Waals surface area contributed by atoms with Gasteiger partial charge in [0.05, 0.1) is 5.69 Å². The van der Waals surface area contributed by atoms with Crippen molar-refractivity contribution in [1.82, 2.24) is 16.0 Å². The van der Waals surface area contributed by atoms with Crippen LogP contribution in [0.4, 0.5) is 14.5 Å². The van der Waals surface area contributed by atoms with Crippen LogP contribution in [0.5, 0.6) is 5.75 Å². The predicted octanol–water partition coefficient (Wildman–Crippen LogP) is 2.81. The topological polar surface area (TPSA) is 78.0 Å². The Hall–Kier alpha value is -1.85. The van der Waals surface area contributed by atoms with Gasteiger partial charge in [-0.05, 0) is 18.6 Å². The van der Waals surface area contributed by atoms with E-state index in [2.05, 4.69) is 25.7 Å². The summed E-state index contributed by atoms with van der Waals surface area (Å²) < 4.78 is 29.9. The number of alkyl halides is 2. The Morgan fingerprint density at radius 2 is 1.93 bits per heavy atom. The molecule has 0 aromatic heterocycles. The highest BCUT2D eigenvalue weighted by atomic mass is 127. The molecule has 3 N–H and O–H groups in total. The fourth-order valence-corrected chi connectivity index (χ4v) is 3.02. The SMILES string of the molecule is CN=C(NCCNC(=O)C(C)(C)C)NC1CCN(c2ccccc2OC(F)F)C1.I. The van der Waals surface area contributed by atoms with Gasteiger partial charge in [0, 0.05) is 44.7 Å². The number of nitrogens with zero attached hydrogens (tertiary/aromatic N) is 2. The van der Waals surface area contributed by atoms with Crippen LogP contribution in [-0.4, -0.2) is 57.7 Å². The summed E-state index contributed by atoms with van der Waals surface area (Å²) in [6.45, 7) is 5.15. The lowest BCUT2D eigenvalue weighted by atomic mass is 9.96. The summed E-state index contributed by atoms with van der Waals surface area (Å²) in [5.41, 5.74) is 0.238. The second-order valence-corrected chi connectivity index (χ2v) is 7.93. The quantitative estimate of drug-likeness (QED) is 0.215. The number of halogens is 3. The average Bonchev–Trinajstić information content (AvgIpc) is 3.11. The molecule has 1 aromatic rings. The Balaban J connectivity index is 0.00000450. The zero-order valence-electron chi connectivity index (χ0n) is 17.9. The number of aliphatic imine (C=N–C) groups is 1. The minimum atomic E-state index is -2.85. The van der Waals surface area contributed by atoms with Crippen molar-refractivity contribution in [2.24, 2.45) is 10.4 Å². The maximum Gasteiger partial charge on any atom is 0.387 e. The summed E-state index contributed by atoms with van der Waals surface area (Å²) in [6.07, 6.45) is 0.838. The second kappa shape index (κ2) is 12.1. The summed E-state index contributed by atoms with van der Waals surface area (Å²) in [4.78, 5) is 18.1. The van der Waals surface area contributed by atoms with E-state index in [-0.39, 0.29) is 41.7 Å². The van der Waals surface area contributed by atoms with Crippen molar-refractivity contribution >= 4 is 41.5 Å².